The van der Waals surface area contributed by atoms with E-state index in [4.69, 9.17) is 11.6 Å². The molecule has 1 rings (SSSR count). The van der Waals surface area contributed by atoms with Crippen LogP contribution in [0.3, 0.4) is 0 Å². The molecule has 0 saturated carbocycles. The highest BCUT2D eigenvalue weighted by molar-refractivity contribution is 6.17. The first-order chi connectivity index (χ1) is 5.55. The fraction of sp³-hybridized carbons (Fsp3) is 0.500. The average molecular weight is 200 g/mol. The normalized spacial score (nSPS) is 12.0. The highest BCUT2D eigenvalue weighted by Gasteiger charge is 2.37. The molecule has 0 aliphatic heterocycles. The molecule has 1 aromatic rings. The summed E-state index contributed by atoms with van der Waals surface area (Å²) in [6.45, 7) is 0. The van der Waals surface area contributed by atoms with Gasteiger partial charge in [-0.25, -0.2) is 4.98 Å². The van der Waals surface area contributed by atoms with Crippen molar-refractivity contribution in [1.82, 2.24) is 4.98 Å². The van der Waals surface area contributed by atoms with E-state index >= 15 is 0 Å². The van der Waals surface area contributed by atoms with Crippen LogP contribution in [0.25, 0.3) is 0 Å². The molecule has 0 fully saturated rings. The molecule has 0 aliphatic carbocycles. The Labute approximate surface area is 71.3 Å². The van der Waals surface area contributed by atoms with Crippen LogP contribution < -0.4 is 0 Å². The third-order valence-electron chi connectivity index (χ3n) is 1.23. The van der Waals surface area contributed by atoms with Crippen LogP contribution in [0.5, 0.6) is 0 Å². The number of aromatic nitrogens is 1. The van der Waals surface area contributed by atoms with Crippen molar-refractivity contribution in [3.8, 4) is 0 Å². The van der Waals surface area contributed by atoms with Gasteiger partial charge >= 0.3 is 6.18 Å². The Morgan fingerprint density at radius 3 is 2.67 bits per heavy atom. The molecule has 0 N–H and O–H groups in total. The number of aryl methyl sites for hydroxylation is 1. The number of alkyl halides is 4. The SMILES string of the molecule is FC(F)(F)c1ncoc1CCCl. The largest absolute Gasteiger partial charge is 0.448 e. The molecule has 68 valence electrons. The molecule has 0 bridgehead atoms. The first-order valence-electron chi connectivity index (χ1n) is 3.11. The Kier molecular flexibility index (Phi) is 2.62. The third kappa shape index (κ3) is 1.91. The van der Waals surface area contributed by atoms with Crippen LogP contribution in [-0.4, -0.2) is 10.9 Å². The summed E-state index contributed by atoms with van der Waals surface area (Å²) in [4.78, 5) is 3.06. The van der Waals surface area contributed by atoms with Crippen molar-refractivity contribution in [2.24, 2.45) is 0 Å². The fourth-order valence-electron chi connectivity index (χ4n) is 0.765. The molecule has 0 saturated heterocycles. The van der Waals surface area contributed by atoms with Gasteiger partial charge in [0.25, 0.3) is 0 Å². The summed E-state index contributed by atoms with van der Waals surface area (Å²) in [5.41, 5.74) is -0.983. The predicted molar refractivity (Wildman–Crippen MR) is 35.9 cm³/mol. The zero-order valence-electron chi connectivity index (χ0n) is 5.86. The van der Waals surface area contributed by atoms with E-state index in [-0.39, 0.29) is 18.1 Å². The molecule has 1 aromatic heterocycles. The van der Waals surface area contributed by atoms with Gasteiger partial charge in [0.05, 0.1) is 0 Å². The van der Waals surface area contributed by atoms with E-state index in [0.717, 1.165) is 6.39 Å². The van der Waals surface area contributed by atoms with Gasteiger partial charge in [-0.3, -0.25) is 0 Å². The molecule has 6 heteroatoms. The van der Waals surface area contributed by atoms with Crippen molar-refractivity contribution >= 4 is 11.6 Å². The molecule has 0 amide bonds. The van der Waals surface area contributed by atoms with Gasteiger partial charge in [-0.15, -0.1) is 11.6 Å². The van der Waals surface area contributed by atoms with Crippen LogP contribution >= 0.6 is 11.6 Å². The Morgan fingerprint density at radius 2 is 2.17 bits per heavy atom. The molecule has 0 aliphatic rings. The van der Waals surface area contributed by atoms with Crippen molar-refractivity contribution in [1.29, 1.82) is 0 Å². The highest BCUT2D eigenvalue weighted by atomic mass is 35.5. The van der Waals surface area contributed by atoms with E-state index in [0.29, 0.717) is 0 Å². The van der Waals surface area contributed by atoms with Crippen LogP contribution in [-0.2, 0) is 12.6 Å². The van der Waals surface area contributed by atoms with Crippen LogP contribution in [0.4, 0.5) is 13.2 Å². The Morgan fingerprint density at radius 1 is 1.50 bits per heavy atom. The minimum absolute atomic E-state index is 0.0381. The summed E-state index contributed by atoms with van der Waals surface area (Å²) in [7, 11) is 0. The summed E-state index contributed by atoms with van der Waals surface area (Å²) < 4.78 is 40.6. The molecule has 0 radical (unpaired) electrons. The number of rotatable bonds is 2. The fourth-order valence-corrected chi connectivity index (χ4v) is 0.937. The van der Waals surface area contributed by atoms with Crippen molar-refractivity contribution < 1.29 is 17.6 Å². The summed E-state index contributed by atoms with van der Waals surface area (Å²) in [5, 5.41) is 0. The van der Waals surface area contributed by atoms with E-state index in [9.17, 15) is 13.2 Å². The van der Waals surface area contributed by atoms with Gasteiger partial charge in [0.1, 0.15) is 5.76 Å². The van der Waals surface area contributed by atoms with Gasteiger partial charge in [-0.1, -0.05) is 0 Å². The first kappa shape index (κ1) is 9.38. The van der Waals surface area contributed by atoms with Crippen molar-refractivity contribution in [3.05, 3.63) is 17.8 Å². The summed E-state index contributed by atoms with van der Waals surface area (Å²) in [6, 6.07) is 0. The number of halogens is 4. The molecular formula is C6H5ClF3NO. The van der Waals surface area contributed by atoms with E-state index < -0.39 is 11.9 Å². The average Bonchev–Trinajstić information content (AvgIpc) is 2.34. The van der Waals surface area contributed by atoms with Gasteiger partial charge in [-0.05, 0) is 0 Å². The number of nitrogens with zero attached hydrogens (tertiary/aromatic N) is 1. The standard InChI is InChI=1S/C6H5ClF3NO/c7-2-1-4-5(6(8,9)10)11-3-12-4/h3H,1-2H2. The van der Waals surface area contributed by atoms with Crippen LogP contribution in [0.15, 0.2) is 10.8 Å². The molecule has 1 heterocycles. The smallest absolute Gasteiger partial charge is 0.436 e. The van der Waals surface area contributed by atoms with E-state index in [1.165, 1.54) is 0 Å². The van der Waals surface area contributed by atoms with Crippen molar-refractivity contribution in [2.75, 3.05) is 5.88 Å². The summed E-state index contributed by atoms with van der Waals surface area (Å²) in [5.74, 6) is -0.129. The zero-order chi connectivity index (χ0) is 9.19. The van der Waals surface area contributed by atoms with Gasteiger partial charge in [0.15, 0.2) is 12.1 Å². The predicted octanol–water partition coefficient (Wildman–Crippen LogP) is 2.47. The maximum Gasteiger partial charge on any atom is 0.436 e. The van der Waals surface area contributed by atoms with E-state index in [1.54, 1.807) is 0 Å². The summed E-state index contributed by atoms with van der Waals surface area (Å²) >= 11 is 5.26. The second kappa shape index (κ2) is 3.35. The maximum atomic E-state index is 12.0. The third-order valence-corrected chi connectivity index (χ3v) is 1.42. The highest BCUT2D eigenvalue weighted by Crippen LogP contribution is 2.30. The minimum atomic E-state index is -4.45. The number of oxazole rings is 1. The number of hydrogen-bond acceptors (Lipinski definition) is 2. The molecule has 12 heavy (non-hydrogen) atoms. The van der Waals surface area contributed by atoms with Crippen molar-refractivity contribution in [2.45, 2.75) is 12.6 Å². The lowest BCUT2D eigenvalue weighted by Crippen LogP contribution is -2.08. The second-order valence-corrected chi connectivity index (χ2v) is 2.44. The lowest BCUT2D eigenvalue weighted by molar-refractivity contribution is -0.141. The first-order valence-corrected chi connectivity index (χ1v) is 3.64. The maximum absolute atomic E-state index is 12.0. The monoisotopic (exact) mass is 199 g/mol. The lowest BCUT2D eigenvalue weighted by Gasteiger charge is -2.02. The number of hydrogen-bond donors (Lipinski definition) is 0. The quantitative estimate of drug-likeness (QED) is 0.684. The topological polar surface area (TPSA) is 26.0 Å². The molecule has 0 unspecified atom stereocenters. The van der Waals surface area contributed by atoms with Gasteiger partial charge in [0.2, 0.25) is 0 Å². The van der Waals surface area contributed by atoms with Gasteiger partial charge < -0.3 is 4.42 Å². The van der Waals surface area contributed by atoms with Gasteiger partial charge in [-0.2, -0.15) is 13.2 Å². The Balaban J connectivity index is 2.91. The Hall–Kier alpha value is -0.710. The van der Waals surface area contributed by atoms with E-state index in [2.05, 4.69) is 9.40 Å². The molecule has 0 atom stereocenters. The summed E-state index contributed by atoms with van der Waals surface area (Å²) in [6.07, 6.45) is -3.64. The van der Waals surface area contributed by atoms with Crippen LogP contribution in [0.1, 0.15) is 11.5 Å². The van der Waals surface area contributed by atoms with E-state index in [1.807, 2.05) is 0 Å². The lowest BCUT2D eigenvalue weighted by atomic mass is 10.3. The van der Waals surface area contributed by atoms with Crippen LogP contribution in [0.2, 0.25) is 0 Å². The van der Waals surface area contributed by atoms with Crippen molar-refractivity contribution in [3.63, 3.8) is 0 Å². The minimum Gasteiger partial charge on any atom is -0.448 e. The molecule has 2 nitrogen and oxygen atoms in total. The molecule has 0 spiro atoms. The Bertz CT molecular complexity index is 258. The molecule has 0 aromatic carbocycles. The van der Waals surface area contributed by atoms with Crippen LogP contribution in [0, 0.1) is 0 Å². The van der Waals surface area contributed by atoms with Gasteiger partial charge in [0, 0.05) is 12.3 Å². The molecular weight excluding hydrogens is 195 g/mol. The zero-order valence-corrected chi connectivity index (χ0v) is 6.61. The second-order valence-electron chi connectivity index (χ2n) is 2.06.